The van der Waals surface area contributed by atoms with Crippen molar-refractivity contribution in [2.24, 2.45) is 5.73 Å². The van der Waals surface area contributed by atoms with Crippen molar-refractivity contribution in [2.75, 3.05) is 33.9 Å². The van der Waals surface area contributed by atoms with Gasteiger partial charge in [0.05, 0.1) is 26.4 Å². The van der Waals surface area contributed by atoms with Crippen LogP contribution in [0.2, 0.25) is 0 Å². The molecule has 150 valence electrons. The highest BCUT2D eigenvalue weighted by Crippen LogP contribution is 2.17. The highest BCUT2D eigenvalue weighted by Gasteiger charge is 2.25. The number of primary amides is 1. The van der Waals surface area contributed by atoms with Crippen molar-refractivity contribution in [3.63, 3.8) is 0 Å². The minimum Gasteiger partial charge on any atom is -0.467 e. The van der Waals surface area contributed by atoms with Crippen LogP contribution < -0.4 is 5.73 Å². The Morgan fingerprint density at radius 2 is 1.92 bits per heavy atom. The third kappa shape index (κ3) is 8.73. The van der Waals surface area contributed by atoms with Crippen LogP contribution in [0.1, 0.15) is 45.4 Å². The predicted octanol–water partition coefficient (Wildman–Crippen LogP) is 0.659. The number of likely N-dealkylation sites (N-methyl/N-ethyl adjacent to an activating group) is 1. The summed E-state index contributed by atoms with van der Waals surface area (Å²) >= 11 is 0. The van der Waals surface area contributed by atoms with E-state index in [1.54, 1.807) is 0 Å². The van der Waals surface area contributed by atoms with Crippen molar-refractivity contribution < 1.29 is 28.6 Å². The van der Waals surface area contributed by atoms with Gasteiger partial charge in [-0.3, -0.25) is 4.79 Å². The van der Waals surface area contributed by atoms with Gasteiger partial charge < -0.3 is 29.6 Å². The first-order chi connectivity index (χ1) is 12.3. The lowest BCUT2D eigenvalue weighted by Crippen LogP contribution is -2.35. The van der Waals surface area contributed by atoms with E-state index >= 15 is 0 Å². The zero-order chi connectivity index (χ0) is 19.5. The fraction of sp³-hybridized carbons (Fsp3) is 0.833. The molecule has 2 N–H and O–H groups in total. The summed E-state index contributed by atoms with van der Waals surface area (Å²) in [7, 11) is 3.34. The summed E-state index contributed by atoms with van der Waals surface area (Å²) in [6, 6.07) is 0.362. The average molecular weight is 372 g/mol. The quantitative estimate of drug-likeness (QED) is 0.473. The number of ketones is 1. The highest BCUT2D eigenvalue weighted by atomic mass is 16.6. The molecule has 0 aromatic carbocycles. The Morgan fingerprint density at radius 1 is 1.19 bits per heavy atom. The molecule has 1 aliphatic heterocycles. The predicted molar refractivity (Wildman–Crippen MR) is 95.5 cm³/mol. The van der Waals surface area contributed by atoms with Gasteiger partial charge in [0.15, 0.2) is 6.10 Å². The number of carbonyl (C=O) groups excluding carboxylic acids is 3. The molecular weight excluding hydrogens is 340 g/mol. The lowest BCUT2D eigenvalue weighted by Gasteiger charge is -2.25. The number of hydrogen-bond donors (Lipinski definition) is 1. The molecule has 1 rings (SSSR count). The number of rotatable bonds is 13. The molecular formula is C18H32N2O6. The monoisotopic (exact) mass is 372 g/mol. The Morgan fingerprint density at radius 3 is 2.46 bits per heavy atom. The van der Waals surface area contributed by atoms with Crippen molar-refractivity contribution in [3.05, 3.63) is 0 Å². The van der Waals surface area contributed by atoms with E-state index < -0.39 is 18.0 Å². The summed E-state index contributed by atoms with van der Waals surface area (Å²) in [4.78, 5) is 36.3. The number of nitrogens with two attached hydrogens (primary N) is 1. The molecule has 1 amide bonds. The molecule has 1 heterocycles. The zero-order valence-electron chi connectivity index (χ0n) is 16.1. The van der Waals surface area contributed by atoms with Crippen LogP contribution in [0.4, 0.5) is 0 Å². The van der Waals surface area contributed by atoms with Crippen molar-refractivity contribution >= 4 is 17.7 Å². The number of amides is 1. The molecule has 3 atom stereocenters. The number of ether oxygens (including phenoxy) is 3. The van der Waals surface area contributed by atoms with E-state index in [9.17, 15) is 14.4 Å². The standard InChI is InChI=1S/C18H32N2O6/c1-13(21)6-7-15(25-11-14-5-4-10-20(14)2)12-26-16(18(23)24-3)8-9-17(19)22/h14-16H,4-12H2,1-3H3,(H2,19,22)/t14-,15-,16-/m0/s1. The first kappa shape index (κ1) is 22.5. The van der Waals surface area contributed by atoms with Crippen LogP contribution in [0, 0.1) is 0 Å². The van der Waals surface area contributed by atoms with Crippen LogP contribution in [-0.4, -0.2) is 74.7 Å². The van der Waals surface area contributed by atoms with E-state index in [0.29, 0.717) is 25.5 Å². The number of hydrogen-bond acceptors (Lipinski definition) is 7. The molecule has 1 saturated heterocycles. The summed E-state index contributed by atoms with van der Waals surface area (Å²) < 4.78 is 16.3. The van der Waals surface area contributed by atoms with Crippen molar-refractivity contribution in [1.82, 2.24) is 4.90 Å². The molecule has 0 aromatic rings. The Kier molecular flexibility index (Phi) is 10.4. The van der Waals surface area contributed by atoms with E-state index in [4.69, 9.17) is 19.9 Å². The average Bonchev–Trinajstić information content (AvgIpc) is 3.00. The van der Waals surface area contributed by atoms with Gasteiger partial charge in [-0.25, -0.2) is 4.79 Å². The number of carbonyl (C=O) groups is 3. The lowest BCUT2D eigenvalue weighted by atomic mass is 10.1. The Balaban J connectivity index is 2.55. The molecule has 1 aliphatic rings. The Labute approximate surface area is 155 Å². The van der Waals surface area contributed by atoms with Crippen molar-refractivity contribution in [2.45, 2.75) is 63.7 Å². The molecule has 0 aliphatic carbocycles. The van der Waals surface area contributed by atoms with Crippen molar-refractivity contribution in [3.8, 4) is 0 Å². The molecule has 0 saturated carbocycles. The molecule has 8 heteroatoms. The second kappa shape index (κ2) is 12.0. The van der Waals surface area contributed by atoms with Gasteiger partial charge in [-0.2, -0.15) is 0 Å². The first-order valence-electron chi connectivity index (χ1n) is 9.12. The van der Waals surface area contributed by atoms with Crippen LogP contribution >= 0.6 is 0 Å². The normalized spacial score (nSPS) is 19.9. The molecule has 1 fully saturated rings. The van der Waals surface area contributed by atoms with Gasteiger partial charge in [0.1, 0.15) is 5.78 Å². The van der Waals surface area contributed by atoms with E-state index in [1.165, 1.54) is 14.0 Å². The van der Waals surface area contributed by atoms with Crippen LogP contribution in [0.5, 0.6) is 0 Å². The maximum atomic E-state index is 11.8. The fourth-order valence-electron chi connectivity index (χ4n) is 2.91. The fourth-order valence-corrected chi connectivity index (χ4v) is 2.91. The van der Waals surface area contributed by atoms with Crippen LogP contribution in [0.15, 0.2) is 0 Å². The topological polar surface area (TPSA) is 108 Å². The molecule has 0 radical (unpaired) electrons. The number of likely N-dealkylation sites (tertiary alicyclic amines) is 1. The highest BCUT2D eigenvalue weighted by molar-refractivity contribution is 5.77. The minimum atomic E-state index is -0.870. The maximum absolute atomic E-state index is 11.8. The minimum absolute atomic E-state index is 0.0333. The number of Topliss-reactive ketones (excluding diaryl/α,β-unsaturated/α-hetero) is 1. The summed E-state index contributed by atoms with van der Waals surface area (Å²) in [5, 5.41) is 0. The Hall–Kier alpha value is -1.51. The molecule has 0 bridgehead atoms. The largest absolute Gasteiger partial charge is 0.467 e. The zero-order valence-corrected chi connectivity index (χ0v) is 16.1. The van der Waals surface area contributed by atoms with E-state index in [-0.39, 0.29) is 31.3 Å². The van der Waals surface area contributed by atoms with E-state index in [2.05, 4.69) is 11.9 Å². The van der Waals surface area contributed by atoms with E-state index in [1.807, 2.05) is 0 Å². The van der Waals surface area contributed by atoms with Gasteiger partial charge >= 0.3 is 5.97 Å². The molecule has 0 spiro atoms. The van der Waals surface area contributed by atoms with Crippen molar-refractivity contribution in [1.29, 1.82) is 0 Å². The van der Waals surface area contributed by atoms with Gasteiger partial charge in [0, 0.05) is 18.9 Å². The van der Waals surface area contributed by atoms with Crippen LogP contribution in [0.3, 0.4) is 0 Å². The SMILES string of the molecule is COC(=O)[C@H](CCC(N)=O)OC[C@H](CCC(C)=O)OC[C@@H]1CCCN1C. The Bertz CT molecular complexity index is 471. The third-order valence-electron chi connectivity index (χ3n) is 4.61. The second-order valence-corrected chi connectivity index (χ2v) is 6.82. The van der Waals surface area contributed by atoms with Crippen LogP contribution in [-0.2, 0) is 28.6 Å². The number of methoxy groups -OCH3 is 1. The second-order valence-electron chi connectivity index (χ2n) is 6.82. The molecule has 0 unspecified atom stereocenters. The lowest BCUT2D eigenvalue weighted by molar-refractivity contribution is -0.158. The molecule has 8 nitrogen and oxygen atoms in total. The van der Waals surface area contributed by atoms with Gasteiger partial charge in [0.2, 0.25) is 5.91 Å². The summed E-state index contributed by atoms with van der Waals surface area (Å²) in [6.45, 7) is 3.31. The van der Waals surface area contributed by atoms with Gasteiger partial charge in [0.25, 0.3) is 0 Å². The smallest absolute Gasteiger partial charge is 0.334 e. The van der Waals surface area contributed by atoms with Crippen LogP contribution in [0.25, 0.3) is 0 Å². The molecule has 0 aromatic heterocycles. The van der Waals surface area contributed by atoms with Gasteiger partial charge in [-0.15, -0.1) is 0 Å². The summed E-state index contributed by atoms with van der Waals surface area (Å²) in [5.41, 5.74) is 5.14. The third-order valence-corrected chi connectivity index (χ3v) is 4.61. The summed E-state index contributed by atoms with van der Waals surface area (Å²) in [6.07, 6.45) is 2.17. The number of nitrogens with zero attached hydrogens (tertiary/aromatic N) is 1. The maximum Gasteiger partial charge on any atom is 0.334 e. The van der Waals surface area contributed by atoms with Gasteiger partial charge in [-0.05, 0) is 46.2 Å². The number of esters is 1. The van der Waals surface area contributed by atoms with Gasteiger partial charge in [-0.1, -0.05) is 0 Å². The van der Waals surface area contributed by atoms with E-state index in [0.717, 1.165) is 19.4 Å². The first-order valence-corrected chi connectivity index (χ1v) is 9.12. The summed E-state index contributed by atoms with van der Waals surface area (Å²) in [5.74, 6) is -0.974. The molecule has 26 heavy (non-hydrogen) atoms.